The Morgan fingerprint density at radius 2 is 2.05 bits per heavy atom. The average Bonchev–Trinajstić information content (AvgIpc) is 2.51. The zero-order chi connectivity index (χ0) is 15.1. The summed E-state index contributed by atoms with van der Waals surface area (Å²) in [4.78, 5) is 2.68. The molecule has 0 aromatic heterocycles. The summed E-state index contributed by atoms with van der Waals surface area (Å²) < 4.78 is 0. The standard InChI is InChI=1S/C18H29ClN2/c1-3-12-21(14-15-6-5-11-20-13-15)18(4-2)16-7-9-17(19)10-8-16/h7-10,15,18,20H,3-6,11-14H2,1-2H3. The molecule has 21 heavy (non-hydrogen) atoms. The van der Waals surface area contributed by atoms with Crippen LogP contribution in [0.5, 0.6) is 0 Å². The van der Waals surface area contributed by atoms with Gasteiger partial charge >= 0.3 is 0 Å². The molecule has 1 heterocycles. The van der Waals surface area contributed by atoms with Gasteiger partial charge < -0.3 is 5.32 Å². The molecule has 0 saturated carbocycles. The first kappa shape index (κ1) is 16.8. The van der Waals surface area contributed by atoms with Crippen molar-refractivity contribution in [3.05, 3.63) is 34.9 Å². The first-order valence-electron chi connectivity index (χ1n) is 8.44. The fraction of sp³-hybridized carbons (Fsp3) is 0.667. The highest BCUT2D eigenvalue weighted by Gasteiger charge is 2.22. The lowest BCUT2D eigenvalue weighted by molar-refractivity contribution is 0.149. The van der Waals surface area contributed by atoms with Gasteiger partial charge in [0.2, 0.25) is 0 Å². The van der Waals surface area contributed by atoms with E-state index in [0.717, 1.165) is 17.4 Å². The van der Waals surface area contributed by atoms with Gasteiger partial charge in [0, 0.05) is 17.6 Å². The number of hydrogen-bond acceptors (Lipinski definition) is 2. The van der Waals surface area contributed by atoms with E-state index >= 15 is 0 Å². The van der Waals surface area contributed by atoms with Crippen LogP contribution in [0.15, 0.2) is 24.3 Å². The van der Waals surface area contributed by atoms with Gasteiger partial charge in [-0.25, -0.2) is 0 Å². The van der Waals surface area contributed by atoms with Crippen molar-refractivity contribution in [1.82, 2.24) is 10.2 Å². The summed E-state index contributed by atoms with van der Waals surface area (Å²) in [5, 5.41) is 4.37. The highest BCUT2D eigenvalue weighted by atomic mass is 35.5. The van der Waals surface area contributed by atoms with Crippen LogP contribution in [0.1, 0.15) is 51.1 Å². The van der Waals surface area contributed by atoms with E-state index in [1.54, 1.807) is 0 Å². The summed E-state index contributed by atoms with van der Waals surface area (Å²) in [5.74, 6) is 0.798. The van der Waals surface area contributed by atoms with E-state index in [1.165, 1.54) is 51.0 Å². The van der Waals surface area contributed by atoms with E-state index in [-0.39, 0.29) is 0 Å². The van der Waals surface area contributed by atoms with Crippen LogP contribution < -0.4 is 5.32 Å². The van der Waals surface area contributed by atoms with E-state index in [2.05, 4.69) is 36.2 Å². The molecule has 0 aliphatic carbocycles. The molecule has 1 N–H and O–H groups in total. The number of hydrogen-bond donors (Lipinski definition) is 1. The highest BCUT2D eigenvalue weighted by molar-refractivity contribution is 6.30. The minimum Gasteiger partial charge on any atom is -0.316 e. The first-order valence-corrected chi connectivity index (χ1v) is 8.82. The zero-order valence-electron chi connectivity index (χ0n) is 13.4. The lowest BCUT2D eigenvalue weighted by Gasteiger charge is -2.35. The molecular formula is C18H29ClN2. The third-order valence-corrected chi connectivity index (χ3v) is 4.74. The summed E-state index contributed by atoms with van der Waals surface area (Å²) in [6.45, 7) is 9.33. The predicted octanol–water partition coefficient (Wildman–Crippen LogP) is 4.50. The maximum absolute atomic E-state index is 6.03. The van der Waals surface area contributed by atoms with Gasteiger partial charge in [-0.15, -0.1) is 0 Å². The molecule has 1 aromatic carbocycles. The topological polar surface area (TPSA) is 15.3 Å². The monoisotopic (exact) mass is 308 g/mol. The number of nitrogens with one attached hydrogen (secondary N) is 1. The molecule has 0 spiro atoms. The molecule has 2 unspecified atom stereocenters. The van der Waals surface area contributed by atoms with Crippen molar-refractivity contribution in [2.45, 2.75) is 45.6 Å². The van der Waals surface area contributed by atoms with Crippen LogP contribution in [0.3, 0.4) is 0 Å². The Morgan fingerprint density at radius 1 is 1.29 bits per heavy atom. The van der Waals surface area contributed by atoms with Gasteiger partial charge in [-0.1, -0.05) is 37.6 Å². The van der Waals surface area contributed by atoms with E-state index in [4.69, 9.17) is 11.6 Å². The molecule has 3 heteroatoms. The molecule has 2 atom stereocenters. The molecule has 1 saturated heterocycles. The van der Waals surface area contributed by atoms with Crippen molar-refractivity contribution in [3.63, 3.8) is 0 Å². The van der Waals surface area contributed by atoms with Crippen molar-refractivity contribution in [3.8, 4) is 0 Å². The van der Waals surface area contributed by atoms with Gasteiger partial charge in [0.1, 0.15) is 0 Å². The average molecular weight is 309 g/mol. The van der Waals surface area contributed by atoms with E-state index in [1.807, 2.05) is 12.1 Å². The van der Waals surface area contributed by atoms with Crippen LogP contribution in [-0.4, -0.2) is 31.1 Å². The van der Waals surface area contributed by atoms with Gasteiger partial charge in [-0.05, 0) is 68.9 Å². The zero-order valence-corrected chi connectivity index (χ0v) is 14.2. The van der Waals surface area contributed by atoms with Crippen molar-refractivity contribution < 1.29 is 0 Å². The molecule has 1 aliphatic heterocycles. The number of benzene rings is 1. The smallest absolute Gasteiger partial charge is 0.0406 e. The molecule has 0 amide bonds. The Morgan fingerprint density at radius 3 is 2.62 bits per heavy atom. The van der Waals surface area contributed by atoms with Crippen molar-refractivity contribution >= 4 is 11.6 Å². The summed E-state index contributed by atoms with van der Waals surface area (Å²) >= 11 is 6.03. The van der Waals surface area contributed by atoms with Gasteiger partial charge in [0.15, 0.2) is 0 Å². The molecule has 0 radical (unpaired) electrons. The van der Waals surface area contributed by atoms with Crippen LogP contribution >= 0.6 is 11.6 Å². The van der Waals surface area contributed by atoms with Gasteiger partial charge in [-0.3, -0.25) is 4.90 Å². The summed E-state index contributed by atoms with van der Waals surface area (Å²) in [6.07, 6.45) is 5.05. The minimum absolute atomic E-state index is 0.518. The van der Waals surface area contributed by atoms with Crippen LogP contribution in [0.25, 0.3) is 0 Å². The summed E-state index contributed by atoms with van der Waals surface area (Å²) in [7, 11) is 0. The van der Waals surface area contributed by atoms with Crippen molar-refractivity contribution in [1.29, 1.82) is 0 Å². The third kappa shape index (κ3) is 4.98. The molecule has 2 nitrogen and oxygen atoms in total. The highest BCUT2D eigenvalue weighted by Crippen LogP contribution is 2.27. The lowest BCUT2D eigenvalue weighted by atomic mass is 9.96. The second-order valence-electron chi connectivity index (χ2n) is 6.18. The molecule has 2 rings (SSSR count). The normalized spacial score (nSPS) is 20.7. The van der Waals surface area contributed by atoms with E-state index in [0.29, 0.717) is 6.04 Å². The molecule has 118 valence electrons. The molecule has 1 fully saturated rings. The van der Waals surface area contributed by atoms with E-state index in [9.17, 15) is 0 Å². The van der Waals surface area contributed by atoms with Crippen LogP contribution in [-0.2, 0) is 0 Å². The second-order valence-corrected chi connectivity index (χ2v) is 6.62. The number of nitrogens with zero attached hydrogens (tertiary/aromatic N) is 1. The third-order valence-electron chi connectivity index (χ3n) is 4.48. The number of rotatable bonds is 7. The Kier molecular flexibility index (Phi) is 7.01. The summed E-state index contributed by atoms with van der Waals surface area (Å²) in [5.41, 5.74) is 1.40. The Bertz CT molecular complexity index is 398. The number of halogens is 1. The van der Waals surface area contributed by atoms with Crippen LogP contribution in [0.4, 0.5) is 0 Å². The van der Waals surface area contributed by atoms with Crippen LogP contribution in [0.2, 0.25) is 5.02 Å². The fourth-order valence-corrected chi connectivity index (χ4v) is 3.59. The van der Waals surface area contributed by atoms with Gasteiger partial charge in [0.25, 0.3) is 0 Å². The maximum Gasteiger partial charge on any atom is 0.0406 e. The van der Waals surface area contributed by atoms with Crippen molar-refractivity contribution in [2.75, 3.05) is 26.2 Å². The van der Waals surface area contributed by atoms with Gasteiger partial charge in [-0.2, -0.15) is 0 Å². The van der Waals surface area contributed by atoms with Crippen LogP contribution in [0, 0.1) is 5.92 Å². The second kappa shape index (κ2) is 8.77. The first-order chi connectivity index (χ1) is 10.2. The Balaban J connectivity index is 2.07. The molecular weight excluding hydrogens is 280 g/mol. The maximum atomic E-state index is 6.03. The van der Waals surface area contributed by atoms with E-state index < -0.39 is 0 Å². The molecule has 0 bridgehead atoms. The predicted molar refractivity (Wildman–Crippen MR) is 91.9 cm³/mol. The van der Waals surface area contributed by atoms with Crippen molar-refractivity contribution in [2.24, 2.45) is 5.92 Å². The number of piperidine rings is 1. The summed E-state index contributed by atoms with van der Waals surface area (Å²) in [6, 6.07) is 8.94. The lowest BCUT2D eigenvalue weighted by Crippen LogP contribution is -2.40. The SMILES string of the molecule is CCCN(CC1CCCNC1)C(CC)c1ccc(Cl)cc1. The Hall–Kier alpha value is -0.570. The minimum atomic E-state index is 0.518. The quantitative estimate of drug-likeness (QED) is 0.797. The largest absolute Gasteiger partial charge is 0.316 e. The Labute approximate surface area is 134 Å². The molecule has 1 aromatic rings. The van der Waals surface area contributed by atoms with Gasteiger partial charge in [0.05, 0.1) is 0 Å². The molecule has 1 aliphatic rings. The fourth-order valence-electron chi connectivity index (χ4n) is 3.46.